The van der Waals surface area contributed by atoms with Crippen molar-refractivity contribution < 1.29 is 0 Å². The Bertz CT molecular complexity index is 1280. The second-order valence-corrected chi connectivity index (χ2v) is 8.81. The molecule has 1 fully saturated rings. The molecule has 1 unspecified atom stereocenters. The van der Waals surface area contributed by atoms with Gasteiger partial charge in [0.25, 0.3) is 5.56 Å². The Balaban J connectivity index is 1.59. The maximum absolute atomic E-state index is 13.6. The number of imidazole rings is 1. The van der Waals surface area contributed by atoms with Crippen molar-refractivity contribution in [1.29, 1.82) is 0 Å². The number of aromatic nitrogens is 4. The van der Waals surface area contributed by atoms with E-state index in [1.165, 1.54) is 12.0 Å². The fourth-order valence-electron chi connectivity index (χ4n) is 4.61. The van der Waals surface area contributed by atoms with Crippen LogP contribution in [0.4, 0.5) is 5.95 Å². The second kappa shape index (κ2) is 8.79. The molecule has 6 nitrogen and oxygen atoms in total. The van der Waals surface area contributed by atoms with E-state index >= 15 is 0 Å². The van der Waals surface area contributed by atoms with Gasteiger partial charge < -0.3 is 9.47 Å². The summed E-state index contributed by atoms with van der Waals surface area (Å²) in [6, 6.07) is 17.9. The predicted octanol–water partition coefficient (Wildman–Crippen LogP) is 4.71. The predicted molar refractivity (Wildman–Crippen MR) is 129 cm³/mol. The molecule has 2 aromatic carbocycles. The molecule has 0 radical (unpaired) electrons. The lowest BCUT2D eigenvalue weighted by Crippen LogP contribution is -2.40. The van der Waals surface area contributed by atoms with E-state index in [1.54, 1.807) is 23.0 Å². The second-order valence-electron chi connectivity index (χ2n) is 8.38. The largest absolute Gasteiger partial charge is 0.342 e. The molecule has 0 spiro atoms. The summed E-state index contributed by atoms with van der Waals surface area (Å²) in [7, 11) is 0. The molecule has 0 aliphatic carbocycles. The molecule has 4 aromatic rings. The number of aryl methyl sites for hydroxylation is 1. The minimum Gasteiger partial charge on any atom is -0.342 e. The Labute approximate surface area is 192 Å². The Hall–Kier alpha value is -3.12. The van der Waals surface area contributed by atoms with Crippen molar-refractivity contribution in [3.8, 4) is 5.69 Å². The van der Waals surface area contributed by atoms with Crippen molar-refractivity contribution in [1.82, 2.24) is 19.1 Å². The molecule has 0 saturated carbocycles. The fourth-order valence-corrected chi connectivity index (χ4v) is 4.74. The third-order valence-corrected chi connectivity index (χ3v) is 6.47. The van der Waals surface area contributed by atoms with Gasteiger partial charge in [-0.15, -0.1) is 0 Å². The Kier molecular flexibility index (Phi) is 5.70. The van der Waals surface area contributed by atoms with E-state index in [0.29, 0.717) is 34.6 Å². The van der Waals surface area contributed by atoms with Crippen molar-refractivity contribution in [3.63, 3.8) is 0 Å². The van der Waals surface area contributed by atoms with E-state index in [4.69, 9.17) is 16.6 Å². The molecule has 1 aliphatic rings. The van der Waals surface area contributed by atoms with Crippen molar-refractivity contribution in [3.05, 3.63) is 81.9 Å². The molecular weight excluding hydrogens is 422 g/mol. The highest BCUT2D eigenvalue weighted by molar-refractivity contribution is 6.30. The summed E-state index contributed by atoms with van der Waals surface area (Å²) in [4.78, 5) is 25.2. The van der Waals surface area contributed by atoms with Gasteiger partial charge in [0.15, 0.2) is 11.2 Å². The molecule has 32 heavy (non-hydrogen) atoms. The molecule has 7 heteroatoms. The summed E-state index contributed by atoms with van der Waals surface area (Å²) in [6.45, 7) is 4.48. The fraction of sp³-hybridized carbons (Fsp3) is 0.320. The van der Waals surface area contributed by atoms with Crippen LogP contribution in [0, 0.1) is 5.92 Å². The molecule has 164 valence electrons. The van der Waals surface area contributed by atoms with Gasteiger partial charge >= 0.3 is 0 Å². The zero-order chi connectivity index (χ0) is 22.1. The van der Waals surface area contributed by atoms with Gasteiger partial charge in [0, 0.05) is 24.7 Å². The molecule has 1 aliphatic heterocycles. The average Bonchev–Trinajstić information content (AvgIpc) is 3.24. The maximum Gasteiger partial charge on any atom is 0.287 e. The normalized spacial score (nSPS) is 16.6. The highest BCUT2D eigenvalue weighted by Gasteiger charge is 2.26. The molecule has 5 rings (SSSR count). The molecular formula is C25H26ClN5O. The number of nitrogens with zero attached hydrogens (tertiary/aromatic N) is 5. The lowest BCUT2D eigenvalue weighted by Gasteiger charge is -2.34. The van der Waals surface area contributed by atoms with Gasteiger partial charge in [-0.1, -0.05) is 41.9 Å². The van der Waals surface area contributed by atoms with Crippen LogP contribution in [0.15, 0.2) is 65.7 Å². The van der Waals surface area contributed by atoms with E-state index in [2.05, 4.69) is 40.2 Å². The van der Waals surface area contributed by atoms with Crippen LogP contribution in [0.25, 0.3) is 16.9 Å². The quantitative estimate of drug-likeness (QED) is 0.444. The van der Waals surface area contributed by atoms with Crippen molar-refractivity contribution in [2.45, 2.75) is 32.7 Å². The van der Waals surface area contributed by atoms with Crippen LogP contribution in [0.1, 0.15) is 25.3 Å². The number of rotatable bonds is 5. The third kappa shape index (κ3) is 3.91. The van der Waals surface area contributed by atoms with Crippen LogP contribution in [0.2, 0.25) is 5.02 Å². The van der Waals surface area contributed by atoms with Gasteiger partial charge in [-0.25, -0.2) is 9.55 Å². The van der Waals surface area contributed by atoms with Gasteiger partial charge in [0.1, 0.15) is 0 Å². The lowest BCUT2D eigenvalue weighted by atomic mass is 9.91. The first-order valence-electron chi connectivity index (χ1n) is 11.2. The molecule has 0 bridgehead atoms. The molecule has 0 amide bonds. The molecule has 2 aromatic heterocycles. The summed E-state index contributed by atoms with van der Waals surface area (Å²) in [5, 5.41) is 0.633. The minimum atomic E-state index is -0.148. The summed E-state index contributed by atoms with van der Waals surface area (Å²) >= 11 is 6.11. The van der Waals surface area contributed by atoms with E-state index in [0.717, 1.165) is 31.6 Å². The highest BCUT2D eigenvalue weighted by Crippen LogP contribution is 2.27. The number of benzene rings is 2. The van der Waals surface area contributed by atoms with E-state index in [-0.39, 0.29) is 5.56 Å². The van der Waals surface area contributed by atoms with Crippen LogP contribution in [0.3, 0.4) is 0 Å². The number of fused-ring (bicyclic) bond motifs is 1. The summed E-state index contributed by atoms with van der Waals surface area (Å²) in [6.07, 6.45) is 4.96. The number of halogens is 1. The Morgan fingerprint density at radius 1 is 1.09 bits per heavy atom. The van der Waals surface area contributed by atoms with Gasteiger partial charge in [-0.2, -0.15) is 4.98 Å². The van der Waals surface area contributed by atoms with Crippen LogP contribution < -0.4 is 10.5 Å². The summed E-state index contributed by atoms with van der Waals surface area (Å²) < 4.78 is 3.62. The number of hydrogen-bond acceptors (Lipinski definition) is 4. The third-order valence-electron chi connectivity index (χ3n) is 6.22. The van der Waals surface area contributed by atoms with Crippen LogP contribution in [0.5, 0.6) is 0 Å². The average molecular weight is 448 g/mol. The summed E-state index contributed by atoms with van der Waals surface area (Å²) in [5.41, 5.74) is 2.98. The van der Waals surface area contributed by atoms with E-state index in [1.807, 2.05) is 23.6 Å². The first kappa shape index (κ1) is 20.8. The van der Waals surface area contributed by atoms with Crippen LogP contribution in [-0.2, 0) is 13.0 Å². The number of hydrogen-bond donors (Lipinski definition) is 0. The van der Waals surface area contributed by atoms with Crippen molar-refractivity contribution in [2.75, 3.05) is 18.0 Å². The smallest absolute Gasteiger partial charge is 0.287 e. The lowest BCUT2D eigenvalue weighted by molar-refractivity contribution is 0.407. The monoisotopic (exact) mass is 447 g/mol. The number of anilines is 1. The molecule has 1 atom stereocenters. The van der Waals surface area contributed by atoms with Gasteiger partial charge in [-0.05, 0) is 61.9 Å². The Morgan fingerprint density at radius 3 is 2.62 bits per heavy atom. The van der Waals surface area contributed by atoms with Gasteiger partial charge in [0.05, 0.1) is 12.0 Å². The van der Waals surface area contributed by atoms with Crippen molar-refractivity contribution in [2.24, 2.45) is 5.92 Å². The van der Waals surface area contributed by atoms with Gasteiger partial charge in [0.2, 0.25) is 5.95 Å². The molecule has 0 N–H and O–H groups in total. The molecule has 3 heterocycles. The minimum absolute atomic E-state index is 0.148. The number of piperidine rings is 1. The molecule has 1 saturated heterocycles. The zero-order valence-corrected chi connectivity index (χ0v) is 18.9. The zero-order valence-electron chi connectivity index (χ0n) is 18.1. The Morgan fingerprint density at radius 2 is 1.88 bits per heavy atom. The van der Waals surface area contributed by atoms with Crippen LogP contribution >= 0.6 is 11.6 Å². The summed E-state index contributed by atoms with van der Waals surface area (Å²) in [5.74, 6) is 1.19. The van der Waals surface area contributed by atoms with E-state index < -0.39 is 0 Å². The maximum atomic E-state index is 13.6. The first-order valence-corrected chi connectivity index (χ1v) is 11.5. The first-order chi connectivity index (χ1) is 15.6. The topological polar surface area (TPSA) is 56.0 Å². The highest BCUT2D eigenvalue weighted by atomic mass is 35.5. The standard InChI is InChI=1S/C25H26ClN5O/c1-2-29-17-27-22-23(29)28-25(31(24(22)32)21-12-10-20(26)11-13-21)30-14-6-9-19(16-30)15-18-7-4-3-5-8-18/h3-5,7-8,10-13,17,19H,2,6,9,14-16H2,1H3. The van der Waals surface area contributed by atoms with Gasteiger partial charge in [-0.3, -0.25) is 4.79 Å². The van der Waals surface area contributed by atoms with E-state index in [9.17, 15) is 4.79 Å². The SMILES string of the molecule is CCn1cnc2c(=O)n(-c3ccc(Cl)cc3)c(N3CCCC(Cc4ccccc4)C3)nc21. The van der Waals surface area contributed by atoms with Crippen LogP contribution in [-0.4, -0.2) is 32.2 Å². The van der Waals surface area contributed by atoms with Crippen molar-refractivity contribution >= 4 is 28.7 Å².